The maximum absolute atomic E-state index is 6.09. The fraction of sp³-hybridized carbons (Fsp3) is 0.647. The lowest BCUT2D eigenvalue weighted by atomic mass is 9.88. The molecule has 3 rings (SSSR count). The van der Waals surface area contributed by atoms with E-state index < -0.39 is 0 Å². The van der Waals surface area contributed by atoms with E-state index in [2.05, 4.69) is 44.3 Å². The van der Waals surface area contributed by atoms with Crippen molar-refractivity contribution >= 4 is 0 Å². The molecule has 1 aromatic rings. The van der Waals surface area contributed by atoms with Crippen molar-refractivity contribution in [1.29, 1.82) is 0 Å². The summed E-state index contributed by atoms with van der Waals surface area (Å²) in [6.45, 7) is 8.42. The van der Waals surface area contributed by atoms with E-state index in [9.17, 15) is 0 Å². The Hall–Kier alpha value is -1.06. The van der Waals surface area contributed by atoms with Crippen molar-refractivity contribution in [3.63, 3.8) is 0 Å². The molecule has 3 nitrogen and oxygen atoms in total. The molecule has 1 N–H and O–H groups in total. The average Bonchev–Trinajstić information content (AvgIpc) is 2.91. The van der Waals surface area contributed by atoms with Crippen LogP contribution in [0.3, 0.4) is 0 Å². The normalized spacial score (nSPS) is 29.6. The lowest BCUT2D eigenvalue weighted by molar-refractivity contribution is 0.0618. The van der Waals surface area contributed by atoms with E-state index in [4.69, 9.17) is 9.47 Å². The van der Waals surface area contributed by atoms with Gasteiger partial charge in [0.05, 0.1) is 6.61 Å². The number of rotatable bonds is 3. The van der Waals surface area contributed by atoms with Gasteiger partial charge in [0.15, 0.2) is 0 Å². The largest absolute Gasteiger partial charge is 0.487 e. The van der Waals surface area contributed by atoms with Gasteiger partial charge >= 0.3 is 0 Å². The number of hydrogen-bond acceptors (Lipinski definition) is 3. The van der Waals surface area contributed by atoms with E-state index in [1.54, 1.807) is 0 Å². The zero-order chi connectivity index (χ0) is 14.2. The molecule has 3 heteroatoms. The van der Waals surface area contributed by atoms with Gasteiger partial charge in [-0.05, 0) is 39.2 Å². The summed E-state index contributed by atoms with van der Waals surface area (Å²) in [7, 11) is 0. The summed E-state index contributed by atoms with van der Waals surface area (Å²) in [5.74, 6) is 1.66. The first-order valence-electron chi connectivity index (χ1n) is 7.67. The molecule has 2 heterocycles. The maximum atomic E-state index is 6.09. The molecule has 110 valence electrons. The predicted molar refractivity (Wildman–Crippen MR) is 80.0 cm³/mol. The molecule has 2 aliphatic rings. The fourth-order valence-electron chi connectivity index (χ4n) is 3.35. The SMILES string of the molecule is CC(NC1CC(C)(C)Oc2ccccc21)C1CCOC1. The summed E-state index contributed by atoms with van der Waals surface area (Å²) in [4.78, 5) is 0. The number of hydrogen-bond donors (Lipinski definition) is 1. The van der Waals surface area contributed by atoms with Crippen LogP contribution in [0.15, 0.2) is 24.3 Å². The third-order valence-corrected chi connectivity index (χ3v) is 4.51. The van der Waals surface area contributed by atoms with Crippen LogP contribution in [-0.2, 0) is 4.74 Å². The lowest BCUT2D eigenvalue weighted by Gasteiger charge is -2.39. The van der Waals surface area contributed by atoms with Crippen LogP contribution in [0.2, 0.25) is 0 Å². The van der Waals surface area contributed by atoms with Gasteiger partial charge in [-0.25, -0.2) is 0 Å². The Bertz CT molecular complexity index is 466. The summed E-state index contributed by atoms with van der Waals surface area (Å²) in [5.41, 5.74) is 1.18. The average molecular weight is 275 g/mol. The second-order valence-corrected chi connectivity index (χ2v) is 6.74. The van der Waals surface area contributed by atoms with Crippen LogP contribution in [-0.4, -0.2) is 24.9 Å². The standard InChI is InChI=1S/C17H25NO2/c1-12(13-8-9-19-11-13)18-15-10-17(2,3)20-16-7-5-4-6-14(15)16/h4-7,12-13,15,18H,8-11H2,1-3H3. The molecule has 2 aliphatic heterocycles. The third-order valence-electron chi connectivity index (χ3n) is 4.51. The highest BCUT2D eigenvalue weighted by Crippen LogP contribution is 2.39. The van der Waals surface area contributed by atoms with Crippen molar-refractivity contribution in [2.75, 3.05) is 13.2 Å². The molecule has 0 aliphatic carbocycles. The van der Waals surface area contributed by atoms with E-state index in [0.29, 0.717) is 18.0 Å². The molecule has 0 amide bonds. The van der Waals surface area contributed by atoms with Crippen LogP contribution in [0.4, 0.5) is 0 Å². The summed E-state index contributed by atoms with van der Waals surface area (Å²) in [6, 6.07) is 9.24. The van der Waals surface area contributed by atoms with E-state index in [1.807, 2.05) is 6.07 Å². The molecule has 3 atom stereocenters. The summed E-state index contributed by atoms with van der Waals surface area (Å²) in [6.07, 6.45) is 2.17. The van der Waals surface area contributed by atoms with E-state index >= 15 is 0 Å². The Morgan fingerprint density at radius 2 is 2.10 bits per heavy atom. The molecule has 1 fully saturated rings. The second-order valence-electron chi connectivity index (χ2n) is 6.74. The highest BCUT2D eigenvalue weighted by molar-refractivity contribution is 5.38. The Morgan fingerprint density at radius 3 is 2.85 bits per heavy atom. The predicted octanol–water partition coefficient (Wildman–Crippen LogP) is 3.30. The lowest BCUT2D eigenvalue weighted by Crippen LogP contribution is -2.44. The highest BCUT2D eigenvalue weighted by atomic mass is 16.5. The van der Waals surface area contributed by atoms with Gasteiger partial charge in [-0.3, -0.25) is 0 Å². The fourth-order valence-corrected chi connectivity index (χ4v) is 3.35. The number of benzene rings is 1. The zero-order valence-corrected chi connectivity index (χ0v) is 12.7. The molecule has 0 saturated carbocycles. The molecule has 0 aromatic heterocycles. The zero-order valence-electron chi connectivity index (χ0n) is 12.7. The minimum absolute atomic E-state index is 0.113. The quantitative estimate of drug-likeness (QED) is 0.918. The van der Waals surface area contributed by atoms with Gasteiger partial charge in [0, 0.05) is 30.7 Å². The molecular formula is C17H25NO2. The monoisotopic (exact) mass is 275 g/mol. The number of para-hydroxylation sites is 1. The molecule has 1 saturated heterocycles. The Kier molecular flexibility index (Phi) is 3.74. The van der Waals surface area contributed by atoms with Crippen molar-refractivity contribution in [2.45, 2.75) is 51.3 Å². The third kappa shape index (κ3) is 2.84. The van der Waals surface area contributed by atoms with Crippen molar-refractivity contribution in [2.24, 2.45) is 5.92 Å². The minimum atomic E-state index is -0.113. The summed E-state index contributed by atoms with van der Waals surface area (Å²) < 4.78 is 11.6. The van der Waals surface area contributed by atoms with Crippen molar-refractivity contribution in [3.8, 4) is 5.75 Å². The van der Waals surface area contributed by atoms with Gasteiger partial charge in [-0.1, -0.05) is 18.2 Å². The van der Waals surface area contributed by atoms with Crippen molar-refractivity contribution < 1.29 is 9.47 Å². The molecule has 1 aromatic carbocycles. The highest BCUT2D eigenvalue weighted by Gasteiger charge is 2.35. The van der Waals surface area contributed by atoms with E-state index in [0.717, 1.165) is 25.4 Å². The van der Waals surface area contributed by atoms with Crippen molar-refractivity contribution in [1.82, 2.24) is 5.32 Å². The molecule has 0 radical (unpaired) electrons. The first-order chi connectivity index (χ1) is 9.55. The molecular weight excluding hydrogens is 250 g/mol. The van der Waals surface area contributed by atoms with Crippen LogP contribution in [0.1, 0.15) is 45.2 Å². The van der Waals surface area contributed by atoms with Crippen molar-refractivity contribution in [3.05, 3.63) is 29.8 Å². The number of nitrogens with one attached hydrogen (secondary N) is 1. The molecule has 0 bridgehead atoms. The van der Waals surface area contributed by atoms with Crippen LogP contribution in [0, 0.1) is 5.92 Å². The minimum Gasteiger partial charge on any atom is -0.487 e. The van der Waals surface area contributed by atoms with Crippen LogP contribution in [0.25, 0.3) is 0 Å². The summed E-state index contributed by atoms with van der Waals surface area (Å²) in [5, 5.41) is 3.81. The van der Waals surface area contributed by atoms with Gasteiger partial charge in [-0.15, -0.1) is 0 Å². The van der Waals surface area contributed by atoms with Crippen LogP contribution >= 0.6 is 0 Å². The molecule has 20 heavy (non-hydrogen) atoms. The second kappa shape index (κ2) is 5.38. The van der Waals surface area contributed by atoms with Gasteiger partial charge in [0.2, 0.25) is 0 Å². The topological polar surface area (TPSA) is 30.5 Å². The first-order valence-corrected chi connectivity index (χ1v) is 7.67. The Labute approximate surface area is 121 Å². The van der Waals surface area contributed by atoms with Gasteiger partial charge in [-0.2, -0.15) is 0 Å². The Balaban J connectivity index is 1.78. The molecule has 0 spiro atoms. The summed E-state index contributed by atoms with van der Waals surface area (Å²) >= 11 is 0. The molecule has 3 unspecified atom stereocenters. The van der Waals surface area contributed by atoms with E-state index in [1.165, 1.54) is 12.0 Å². The number of fused-ring (bicyclic) bond motifs is 1. The van der Waals surface area contributed by atoms with Gasteiger partial charge in [0.1, 0.15) is 11.4 Å². The van der Waals surface area contributed by atoms with Gasteiger partial charge in [0.25, 0.3) is 0 Å². The van der Waals surface area contributed by atoms with Crippen LogP contribution < -0.4 is 10.1 Å². The maximum Gasteiger partial charge on any atom is 0.124 e. The Morgan fingerprint density at radius 1 is 1.30 bits per heavy atom. The first kappa shape index (κ1) is 13.9. The smallest absolute Gasteiger partial charge is 0.124 e. The van der Waals surface area contributed by atoms with Gasteiger partial charge < -0.3 is 14.8 Å². The van der Waals surface area contributed by atoms with E-state index in [-0.39, 0.29) is 5.60 Å². The number of ether oxygens (including phenoxy) is 2. The van der Waals surface area contributed by atoms with Crippen LogP contribution in [0.5, 0.6) is 5.75 Å².